The van der Waals surface area contributed by atoms with Crippen LogP contribution in [0.5, 0.6) is 0 Å². The lowest BCUT2D eigenvalue weighted by Gasteiger charge is -2.13. The van der Waals surface area contributed by atoms with Crippen molar-refractivity contribution in [2.45, 2.75) is 64.2 Å². The third-order valence-electron chi connectivity index (χ3n) is 4.96. The quantitative estimate of drug-likeness (QED) is 0.294. The first kappa shape index (κ1) is 21.8. The lowest BCUT2D eigenvalue weighted by molar-refractivity contribution is 0.0651. The Bertz CT molecular complexity index is 650. The average molecular weight is 395 g/mol. The lowest BCUT2D eigenvalue weighted by Crippen LogP contribution is -2.30. The zero-order valence-corrected chi connectivity index (χ0v) is 16.7. The number of amides is 2. The molecule has 0 fully saturated rings. The summed E-state index contributed by atoms with van der Waals surface area (Å²) in [6, 6.07) is 6.99. The lowest BCUT2D eigenvalue weighted by atomic mass is 10.1. The number of hydrogen-bond donors (Lipinski definition) is 2. The van der Waals surface area contributed by atoms with E-state index in [-0.39, 0.29) is 18.0 Å². The predicted octanol–water partition coefficient (Wildman–Crippen LogP) is 4.36. The molecule has 2 N–H and O–H groups in total. The third kappa shape index (κ3) is 7.21. The van der Waals surface area contributed by atoms with Crippen LogP contribution in [-0.4, -0.2) is 39.2 Å². The van der Waals surface area contributed by atoms with Crippen molar-refractivity contribution >= 4 is 19.4 Å². The number of carbonyl (C=O) groups is 2. The highest BCUT2D eigenvalue weighted by atomic mass is 31.2. The van der Waals surface area contributed by atoms with Crippen molar-refractivity contribution in [3.63, 3.8) is 0 Å². The summed E-state index contributed by atoms with van der Waals surface area (Å²) < 4.78 is 10.7. The Hall–Kier alpha value is -1.49. The molecule has 0 unspecified atom stereocenters. The summed E-state index contributed by atoms with van der Waals surface area (Å²) >= 11 is 0. The fourth-order valence-corrected chi connectivity index (χ4v) is 4.08. The molecule has 150 valence electrons. The highest BCUT2D eigenvalue weighted by molar-refractivity contribution is 7.51. The Morgan fingerprint density at radius 2 is 1.11 bits per heavy atom. The number of hydrogen-bond acceptors (Lipinski definition) is 3. The maximum atomic E-state index is 12.2. The molecule has 0 aromatic heterocycles. The van der Waals surface area contributed by atoms with Gasteiger partial charge in [-0.1, -0.05) is 63.5 Å². The second-order valence-electron chi connectivity index (χ2n) is 7.23. The highest BCUT2D eigenvalue weighted by Gasteiger charge is 2.34. The number of carbonyl (C=O) groups excluding carboxylic acids is 2. The Morgan fingerprint density at radius 3 is 1.56 bits per heavy atom. The molecule has 2 amide bonds. The predicted molar refractivity (Wildman–Crippen MR) is 105 cm³/mol. The van der Waals surface area contributed by atoms with E-state index < -0.39 is 7.60 Å². The van der Waals surface area contributed by atoms with E-state index in [0.717, 1.165) is 57.8 Å². The minimum atomic E-state index is -3.82. The third-order valence-corrected chi connectivity index (χ3v) is 5.86. The first-order valence-corrected chi connectivity index (χ1v) is 11.7. The van der Waals surface area contributed by atoms with Crippen LogP contribution < -0.4 is 0 Å². The van der Waals surface area contributed by atoms with Crippen LogP contribution >= 0.6 is 7.60 Å². The summed E-state index contributed by atoms with van der Waals surface area (Å²) in [7, 11) is -3.82. The molecule has 1 aromatic carbocycles. The number of unbranched alkanes of at least 4 members (excludes halogenated alkanes) is 9. The number of imide groups is 1. The Labute approximate surface area is 161 Å². The molecule has 27 heavy (non-hydrogen) atoms. The van der Waals surface area contributed by atoms with Crippen LogP contribution in [0, 0.1) is 0 Å². The van der Waals surface area contributed by atoms with E-state index in [1.165, 1.54) is 4.90 Å². The minimum Gasteiger partial charge on any atom is -0.324 e. The standard InChI is InChI=1S/C20H30NO5P/c22-19-17-13-9-10-14-18(17)20(23)21(19)15-11-7-5-3-1-2-4-6-8-12-16-27(24,25)26/h9-10,13-14H,1-8,11-12,15-16H2,(H2,24,25,26). The molecule has 7 heteroatoms. The largest absolute Gasteiger partial charge is 0.325 e. The highest BCUT2D eigenvalue weighted by Crippen LogP contribution is 2.35. The molecular formula is C20H30NO5P. The monoisotopic (exact) mass is 395 g/mol. The zero-order valence-electron chi connectivity index (χ0n) is 15.8. The summed E-state index contributed by atoms with van der Waals surface area (Å²) in [6.07, 6.45) is 10.0. The maximum Gasteiger partial charge on any atom is 0.325 e. The van der Waals surface area contributed by atoms with E-state index in [2.05, 4.69) is 0 Å². The molecule has 6 nitrogen and oxygen atoms in total. The first-order chi connectivity index (χ1) is 12.9. The van der Waals surface area contributed by atoms with Crippen molar-refractivity contribution in [3.8, 4) is 0 Å². The Kier molecular flexibility index (Phi) is 8.68. The summed E-state index contributed by atoms with van der Waals surface area (Å²) in [5, 5.41) is 0. The molecule has 0 atom stereocenters. The molecular weight excluding hydrogens is 365 g/mol. The molecule has 0 radical (unpaired) electrons. The smallest absolute Gasteiger partial charge is 0.324 e. The van der Waals surface area contributed by atoms with Gasteiger partial charge >= 0.3 is 7.60 Å². The Balaban J connectivity index is 1.46. The van der Waals surface area contributed by atoms with Gasteiger partial charge in [0.25, 0.3) is 11.8 Å². The summed E-state index contributed by atoms with van der Waals surface area (Å²) in [4.78, 5) is 43.4. The molecule has 0 bridgehead atoms. The van der Waals surface area contributed by atoms with Crippen molar-refractivity contribution in [3.05, 3.63) is 35.4 Å². The van der Waals surface area contributed by atoms with Crippen LogP contribution in [0.15, 0.2) is 24.3 Å². The van der Waals surface area contributed by atoms with Crippen LogP contribution in [-0.2, 0) is 4.57 Å². The van der Waals surface area contributed by atoms with Crippen LogP contribution in [0.4, 0.5) is 0 Å². The molecule has 1 aromatic rings. The summed E-state index contributed by atoms with van der Waals surface area (Å²) in [5.41, 5.74) is 1.03. The molecule has 1 heterocycles. The van der Waals surface area contributed by atoms with E-state index in [9.17, 15) is 14.2 Å². The maximum absolute atomic E-state index is 12.2. The number of fused-ring (bicyclic) bond motifs is 1. The van der Waals surface area contributed by atoms with E-state index in [0.29, 0.717) is 24.1 Å². The normalized spacial score (nSPS) is 14.1. The average Bonchev–Trinajstić information content (AvgIpc) is 2.86. The molecule has 0 saturated heterocycles. The van der Waals surface area contributed by atoms with Gasteiger partial charge in [-0.05, 0) is 25.0 Å². The Morgan fingerprint density at radius 1 is 0.704 bits per heavy atom. The SMILES string of the molecule is O=C1c2ccccc2C(=O)N1CCCCCCCCCCCCP(=O)(O)O. The summed E-state index contributed by atoms with van der Waals surface area (Å²) in [6.45, 7) is 0.492. The van der Waals surface area contributed by atoms with E-state index in [1.54, 1.807) is 24.3 Å². The summed E-state index contributed by atoms with van der Waals surface area (Å²) in [5.74, 6) is -0.344. The van der Waals surface area contributed by atoms with Crippen molar-refractivity contribution in [2.75, 3.05) is 12.7 Å². The van der Waals surface area contributed by atoms with Crippen molar-refractivity contribution in [1.29, 1.82) is 0 Å². The number of rotatable bonds is 13. The molecule has 0 saturated carbocycles. The van der Waals surface area contributed by atoms with Gasteiger partial charge in [0.2, 0.25) is 0 Å². The van der Waals surface area contributed by atoms with Gasteiger partial charge in [-0.25, -0.2) is 0 Å². The van der Waals surface area contributed by atoms with Gasteiger partial charge in [0.15, 0.2) is 0 Å². The van der Waals surface area contributed by atoms with Crippen molar-refractivity contribution in [2.24, 2.45) is 0 Å². The van der Waals surface area contributed by atoms with E-state index in [1.807, 2.05) is 0 Å². The van der Waals surface area contributed by atoms with Gasteiger partial charge < -0.3 is 9.79 Å². The van der Waals surface area contributed by atoms with E-state index >= 15 is 0 Å². The fraction of sp³-hybridized carbons (Fsp3) is 0.600. The van der Waals surface area contributed by atoms with Gasteiger partial charge in [-0.2, -0.15) is 0 Å². The van der Waals surface area contributed by atoms with Crippen LogP contribution in [0.3, 0.4) is 0 Å². The van der Waals surface area contributed by atoms with Crippen LogP contribution in [0.1, 0.15) is 84.9 Å². The second kappa shape index (κ2) is 10.7. The topological polar surface area (TPSA) is 94.9 Å². The van der Waals surface area contributed by atoms with Gasteiger partial charge in [0.05, 0.1) is 11.1 Å². The van der Waals surface area contributed by atoms with Gasteiger partial charge in [0, 0.05) is 12.7 Å². The number of nitrogens with zero attached hydrogens (tertiary/aromatic N) is 1. The molecule has 2 rings (SSSR count). The van der Waals surface area contributed by atoms with Gasteiger partial charge in [-0.3, -0.25) is 19.1 Å². The molecule has 0 spiro atoms. The first-order valence-electron chi connectivity index (χ1n) is 9.90. The van der Waals surface area contributed by atoms with Crippen LogP contribution in [0.25, 0.3) is 0 Å². The van der Waals surface area contributed by atoms with Crippen molar-refractivity contribution < 1.29 is 23.9 Å². The van der Waals surface area contributed by atoms with E-state index in [4.69, 9.17) is 9.79 Å². The molecule has 1 aliphatic rings. The molecule has 1 aliphatic heterocycles. The van der Waals surface area contributed by atoms with Gasteiger partial charge in [0.1, 0.15) is 0 Å². The second-order valence-corrected chi connectivity index (χ2v) is 9.01. The minimum absolute atomic E-state index is 0.000104. The zero-order chi connectivity index (χ0) is 19.7. The number of benzene rings is 1. The van der Waals surface area contributed by atoms with Crippen molar-refractivity contribution in [1.82, 2.24) is 4.90 Å². The fourth-order valence-electron chi connectivity index (χ4n) is 3.44. The molecule has 0 aliphatic carbocycles. The van der Waals surface area contributed by atoms with Crippen LogP contribution in [0.2, 0.25) is 0 Å². The van der Waals surface area contributed by atoms with Gasteiger partial charge in [-0.15, -0.1) is 0 Å².